The van der Waals surface area contributed by atoms with E-state index in [2.05, 4.69) is 88.8 Å². The molecule has 0 fully saturated rings. The molecule has 0 spiro atoms. The third-order valence-corrected chi connectivity index (χ3v) is 5.04. The summed E-state index contributed by atoms with van der Waals surface area (Å²) in [5.74, 6) is 0.675. The maximum Gasteiger partial charge on any atom is 0.159 e. The molecule has 27 heavy (non-hydrogen) atoms. The van der Waals surface area contributed by atoms with Crippen LogP contribution in [0.5, 0.6) is 0 Å². The second-order valence-electron chi connectivity index (χ2n) is 6.49. The lowest BCUT2D eigenvalue weighted by molar-refractivity contribution is 1.18. The average molecular weight is 367 g/mol. The van der Waals surface area contributed by atoms with Gasteiger partial charge in [0.2, 0.25) is 0 Å². The fraction of sp³-hybridized carbons (Fsp3) is 0. The first-order valence-electron chi connectivity index (χ1n) is 8.78. The summed E-state index contributed by atoms with van der Waals surface area (Å²) in [5, 5.41) is 5.60. The van der Waals surface area contributed by atoms with E-state index in [-0.39, 0.29) is 0 Å². The summed E-state index contributed by atoms with van der Waals surface area (Å²) in [7, 11) is 0. The Kier molecular flexibility index (Phi) is 3.84. The molecule has 0 N–H and O–H groups in total. The Morgan fingerprint density at radius 1 is 0.593 bits per heavy atom. The number of aromatic nitrogens is 2. The minimum absolute atomic E-state index is 0.540. The van der Waals surface area contributed by atoms with Crippen LogP contribution in [-0.4, -0.2) is 9.97 Å². The number of hydrogen-bond acceptors (Lipinski definition) is 2. The fourth-order valence-electron chi connectivity index (χ4n) is 3.55. The van der Waals surface area contributed by atoms with Gasteiger partial charge in [-0.2, -0.15) is 0 Å². The summed E-state index contributed by atoms with van der Waals surface area (Å²) in [4.78, 5) is 8.60. The number of hydrogen-bond donors (Lipinski definition) is 0. The van der Waals surface area contributed by atoms with Crippen LogP contribution < -0.4 is 0 Å². The summed E-state index contributed by atoms with van der Waals surface area (Å²) in [5.41, 5.74) is 3.38. The van der Waals surface area contributed by atoms with E-state index in [4.69, 9.17) is 11.6 Å². The van der Waals surface area contributed by atoms with Gasteiger partial charge in [0.05, 0.1) is 5.02 Å². The van der Waals surface area contributed by atoms with E-state index in [1.165, 1.54) is 32.7 Å². The third-order valence-electron chi connectivity index (χ3n) is 4.84. The quantitative estimate of drug-likeness (QED) is 0.322. The minimum atomic E-state index is 0.540. The molecule has 0 radical (unpaired) electrons. The van der Waals surface area contributed by atoms with E-state index in [9.17, 15) is 0 Å². The zero-order valence-electron chi connectivity index (χ0n) is 14.4. The monoisotopic (exact) mass is 366 g/mol. The van der Waals surface area contributed by atoms with Crippen molar-refractivity contribution in [3.05, 3.63) is 96.3 Å². The molecule has 0 bridgehead atoms. The van der Waals surface area contributed by atoms with Crippen LogP contribution in [0, 0.1) is 0 Å². The third kappa shape index (κ3) is 2.84. The Labute approximate surface area is 162 Å². The molecule has 4 aromatic carbocycles. The topological polar surface area (TPSA) is 25.8 Å². The molecule has 5 aromatic rings. The van der Waals surface area contributed by atoms with E-state index in [0.29, 0.717) is 10.8 Å². The van der Waals surface area contributed by atoms with Gasteiger partial charge in [0.25, 0.3) is 0 Å². The van der Waals surface area contributed by atoms with E-state index in [1.807, 2.05) is 0 Å². The molecule has 0 aliphatic heterocycles. The molecule has 1 heterocycles. The summed E-state index contributed by atoms with van der Waals surface area (Å²) in [6.07, 6.45) is 3.24. The molecular formula is C24H15ClN2. The zero-order chi connectivity index (χ0) is 18.2. The van der Waals surface area contributed by atoms with Crippen molar-refractivity contribution in [1.29, 1.82) is 0 Å². The zero-order valence-corrected chi connectivity index (χ0v) is 15.2. The highest BCUT2D eigenvalue weighted by Gasteiger charge is 2.09. The molecule has 128 valence electrons. The second-order valence-corrected chi connectivity index (χ2v) is 6.93. The van der Waals surface area contributed by atoms with E-state index < -0.39 is 0 Å². The Morgan fingerprint density at radius 3 is 1.93 bits per heavy atom. The van der Waals surface area contributed by atoms with E-state index >= 15 is 0 Å². The average Bonchev–Trinajstić information content (AvgIpc) is 2.74. The van der Waals surface area contributed by atoms with Crippen LogP contribution in [0.2, 0.25) is 5.02 Å². The van der Waals surface area contributed by atoms with Crippen molar-refractivity contribution in [2.75, 3.05) is 0 Å². The predicted octanol–water partition coefficient (Wildman–Crippen LogP) is 6.77. The smallest absolute Gasteiger partial charge is 0.159 e. The number of fused-ring (bicyclic) bond motifs is 3. The summed E-state index contributed by atoms with van der Waals surface area (Å²) in [6, 6.07) is 27.7. The lowest BCUT2D eigenvalue weighted by Crippen LogP contribution is -1.88. The van der Waals surface area contributed by atoms with Crippen molar-refractivity contribution in [2.45, 2.75) is 0 Å². The van der Waals surface area contributed by atoms with Gasteiger partial charge in [-0.1, -0.05) is 84.4 Å². The first-order chi connectivity index (χ1) is 13.3. The van der Waals surface area contributed by atoms with Gasteiger partial charge < -0.3 is 0 Å². The molecule has 0 saturated heterocycles. The van der Waals surface area contributed by atoms with Gasteiger partial charge in [-0.25, -0.2) is 9.97 Å². The highest BCUT2D eigenvalue weighted by Crippen LogP contribution is 2.35. The van der Waals surface area contributed by atoms with Crippen molar-refractivity contribution in [3.8, 4) is 22.5 Å². The van der Waals surface area contributed by atoms with Crippen LogP contribution >= 0.6 is 11.6 Å². The highest BCUT2D eigenvalue weighted by atomic mass is 35.5. The Hall–Kier alpha value is -3.23. The van der Waals surface area contributed by atoms with Gasteiger partial charge >= 0.3 is 0 Å². The van der Waals surface area contributed by atoms with E-state index in [0.717, 1.165) is 5.56 Å². The molecule has 0 amide bonds. The fourth-order valence-corrected chi connectivity index (χ4v) is 3.65. The van der Waals surface area contributed by atoms with E-state index in [1.54, 1.807) is 12.4 Å². The van der Waals surface area contributed by atoms with Crippen LogP contribution in [0.4, 0.5) is 0 Å². The Bertz CT molecular complexity index is 1260. The van der Waals surface area contributed by atoms with Gasteiger partial charge in [-0.3, -0.25) is 0 Å². The summed E-state index contributed by atoms with van der Waals surface area (Å²) < 4.78 is 0. The van der Waals surface area contributed by atoms with Crippen LogP contribution in [0.25, 0.3) is 44.1 Å². The molecule has 0 unspecified atom stereocenters. The second kappa shape index (κ2) is 6.49. The minimum Gasteiger partial charge on any atom is -0.235 e. The van der Waals surface area contributed by atoms with Crippen molar-refractivity contribution >= 4 is 33.1 Å². The SMILES string of the molecule is Clc1cnc(-c2ccc(-c3cc4ccccc4c4ccccc34)cc2)nc1. The maximum absolute atomic E-state index is 5.88. The molecule has 3 heteroatoms. The number of rotatable bonds is 2. The maximum atomic E-state index is 5.88. The summed E-state index contributed by atoms with van der Waals surface area (Å²) >= 11 is 5.88. The Balaban J connectivity index is 1.67. The lowest BCUT2D eigenvalue weighted by Gasteiger charge is -2.11. The van der Waals surface area contributed by atoms with Crippen molar-refractivity contribution in [1.82, 2.24) is 9.97 Å². The van der Waals surface area contributed by atoms with Gasteiger partial charge in [0.1, 0.15) is 0 Å². The number of halogens is 1. The highest BCUT2D eigenvalue weighted by molar-refractivity contribution is 6.30. The van der Waals surface area contributed by atoms with Gasteiger partial charge in [-0.15, -0.1) is 0 Å². The van der Waals surface area contributed by atoms with Gasteiger partial charge in [-0.05, 0) is 38.7 Å². The number of benzene rings is 4. The largest absolute Gasteiger partial charge is 0.235 e. The van der Waals surface area contributed by atoms with Crippen LogP contribution in [-0.2, 0) is 0 Å². The van der Waals surface area contributed by atoms with Crippen LogP contribution in [0.1, 0.15) is 0 Å². The molecular weight excluding hydrogens is 352 g/mol. The number of nitrogens with zero attached hydrogens (tertiary/aromatic N) is 2. The molecule has 5 rings (SSSR count). The lowest BCUT2D eigenvalue weighted by atomic mass is 9.93. The molecule has 0 aliphatic carbocycles. The van der Waals surface area contributed by atoms with Crippen LogP contribution in [0.15, 0.2) is 91.3 Å². The van der Waals surface area contributed by atoms with Crippen molar-refractivity contribution < 1.29 is 0 Å². The summed E-state index contributed by atoms with van der Waals surface area (Å²) in [6.45, 7) is 0. The van der Waals surface area contributed by atoms with Crippen molar-refractivity contribution in [2.24, 2.45) is 0 Å². The molecule has 0 saturated carbocycles. The Morgan fingerprint density at radius 2 is 1.19 bits per heavy atom. The van der Waals surface area contributed by atoms with Crippen molar-refractivity contribution in [3.63, 3.8) is 0 Å². The normalized spacial score (nSPS) is 11.1. The van der Waals surface area contributed by atoms with Crippen LogP contribution in [0.3, 0.4) is 0 Å². The first kappa shape index (κ1) is 16.0. The first-order valence-corrected chi connectivity index (χ1v) is 9.16. The predicted molar refractivity (Wildman–Crippen MR) is 113 cm³/mol. The molecule has 0 aliphatic rings. The molecule has 0 atom stereocenters. The molecule has 1 aromatic heterocycles. The van der Waals surface area contributed by atoms with Gasteiger partial charge in [0, 0.05) is 18.0 Å². The standard InChI is InChI=1S/C24H15ClN2/c25-19-14-26-24(27-15-19)17-11-9-16(10-12-17)23-13-18-5-1-2-6-20(18)21-7-3-4-8-22(21)23/h1-15H. The van der Waals surface area contributed by atoms with Gasteiger partial charge in [0.15, 0.2) is 5.82 Å². The molecule has 2 nitrogen and oxygen atoms in total.